The summed E-state index contributed by atoms with van der Waals surface area (Å²) in [5.41, 5.74) is 1.17. The molecule has 1 aliphatic heterocycles. The molecule has 0 radical (unpaired) electrons. The van der Waals surface area contributed by atoms with Crippen LogP contribution in [0.2, 0.25) is 0 Å². The third-order valence-electron chi connectivity index (χ3n) is 2.66. The Bertz CT molecular complexity index is 335. The van der Waals surface area contributed by atoms with Gasteiger partial charge in [-0.15, -0.1) is 0 Å². The van der Waals surface area contributed by atoms with Crippen molar-refractivity contribution in [2.45, 2.75) is 25.8 Å². The topological polar surface area (TPSA) is 37.0 Å². The van der Waals surface area contributed by atoms with Crippen LogP contribution in [-0.2, 0) is 0 Å². The molecule has 0 bridgehead atoms. The van der Waals surface area contributed by atoms with Gasteiger partial charge < -0.3 is 10.6 Å². The molecule has 0 amide bonds. The van der Waals surface area contributed by atoms with Gasteiger partial charge in [-0.05, 0) is 53.9 Å². The van der Waals surface area contributed by atoms with Crippen LogP contribution in [0.15, 0.2) is 16.7 Å². The van der Waals surface area contributed by atoms with Crippen LogP contribution in [-0.4, -0.2) is 24.1 Å². The minimum Gasteiger partial charge on any atom is -0.368 e. The van der Waals surface area contributed by atoms with E-state index >= 15 is 0 Å². The van der Waals surface area contributed by atoms with Crippen LogP contribution in [0.5, 0.6) is 0 Å². The van der Waals surface area contributed by atoms with Gasteiger partial charge in [0.15, 0.2) is 0 Å². The van der Waals surface area contributed by atoms with Gasteiger partial charge in [-0.1, -0.05) is 0 Å². The molecule has 1 aliphatic rings. The Balaban J connectivity index is 1.92. The molecule has 0 saturated carbocycles. The smallest absolute Gasteiger partial charge is 0.140 e. The number of aryl methyl sites for hydroxylation is 1. The zero-order valence-corrected chi connectivity index (χ0v) is 10.5. The Hall–Kier alpha value is -0.610. The second kappa shape index (κ2) is 4.94. The van der Waals surface area contributed by atoms with Gasteiger partial charge in [0.25, 0.3) is 0 Å². The van der Waals surface area contributed by atoms with E-state index in [1.54, 1.807) is 0 Å². The molecule has 15 heavy (non-hydrogen) atoms. The lowest BCUT2D eigenvalue weighted by Gasteiger charge is -2.13. The quantitative estimate of drug-likeness (QED) is 0.885. The van der Waals surface area contributed by atoms with Crippen LogP contribution in [0.1, 0.15) is 18.4 Å². The maximum absolute atomic E-state index is 4.35. The standard InChI is InChI=1S/C11H16BrN3/c1-8-5-10(12)11(14-6-8)15-7-9-3-2-4-13-9/h5-6,9,13H,2-4,7H2,1H3,(H,14,15). The largest absolute Gasteiger partial charge is 0.368 e. The van der Waals surface area contributed by atoms with Crippen LogP contribution in [0.4, 0.5) is 5.82 Å². The van der Waals surface area contributed by atoms with E-state index in [1.165, 1.54) is 18.4 Å². The van der Waals surface area contributed by atoms with Gasteiger partial charge in [-0.3, -0.25) is 0 Å². The third-order valence-corrected chi connectivity index (χ3v) is 3.26. The van der Waals surface area contributed by atoms with Crippen molar-refractivity contribution < 1.29 is 0 Å². The van der Waals surface area contributed by atoms with Crippen molar-refractivity contribution in [2.24, 2.45) is 0 Å². The summed E-state index contributed by atoms with van der Waals surface area (Å²) in [6, 6.07) is 2.68. The summed E-state index contributed by atoms with van der Waals surface area (Å²) >= 11 is 3.51. The molecular formula is C11H16BrN3. The lowest BCUT2D eigenvalue weighted by Crippen LogP contribution is -2.29. The van der Waals surface area contributed by atoms with Crippen molar-refractivity contribution in [1.82, 2.24) is 10.3 Å². The highest BCUT2D eigenvalue weighted by Crippen LogP contribution is 2.20. The van der Waals surface area contributed by atoms with Crippen LogP contribution >= 0.6 is 15.9 Å². The first-order valence-electron chi connectivity index (χ1n) is 5.35. The van der Waals surface area contributed by atoms with E-state index in [4.69, 9.17) is 0 Å². The molecule has 0 aromatic carbocycles. The van der Waals surface area contributed by atoms with E-state index in [0.29, 0.717) is 6.04 Å². The summed E-state index contributed by atoms with van der Waals surface area (Å²) in [4.78, 5) is 4.35. The second-order valence-electron chi connectivity index (χ2n) is 4.02. The second-order valence-corrected chi connectivity index (χ2v) is 4.87. The normalized spacial score (nSPS) is 20.5. The molecule has 1 aromatic rings. The molecule has 2 N–H and O–H groups in total. The molecule has 1 aromatic heterocycles. The molecule has 2 heterocycles. The zero-order chi connectivity index (χ0) is 10.7. The molecule has 1 unspecified atom stereocenters. The van der Waals surface area contributed by atoms with Crippen molar-refractivity contribution in [3.63, 3.8) is 0 Å². The van der Waals surface area contributed by atoms with E-state index < -0.39 is 0 Å². The summed E-state index contributed by atoms with van der Waals surface area (Å²) in [5, 5.41) is 6.81. The fraction of sp³-hybridized carbons (Fsp3) is 0.545. The van der Waals surface area contributed by atoms with Crippen molar-refractivity contribution in [1.29, 1.82) is 0 Å². The number of aromatic nitrogens is 1. The number of halogens is 1. The molecule has 0 aliphatic carbocycles. The maximum Gasteiger partial charge on any atom is 0.140 e. The average Bonchev–Trinajstić information content (AvgIpc) is 2.69. The molecule has 0 spiro atoms. The molecule has 3 nitrogen and oxygen atoms in total. The first-order valence-corrected chi connectivity index (χ1v) is 6.14. The van der Waals surface area contributed by atoms with Crippen molar-refractivity contribution in [2.75, 3.05) is 18.4 Å². The Labute approximate surface area is 98.8 Å². The van der Waals surface area contributed by atoms with Crippen molar-refractivity contribution >= 4 is 21.7 Å². The summed E-state index contributed by atoms with van der Waals surface area (Å²) in [6.07, 6.45) is 4.43. The number of nitrogens with one attached hydrogen (secondary N) is 2. The molecule has 1 fully saturated rings. The lowest BCUT2D eigenvalue weighted by molar-refractivity contribution is 0.632. The summed E-state index contributed by atoms with van der Waals surface area (Å²) in [6.45, 7) is 4.14. The highest BCUT2D eigenvalue weighted by atomic mass is 79.9. The molecular weight excluding hydrogens is 254 g/mol. The molecule has 1 saturated heterocycles. The van der Waals surface area contributed by atoms with E-state index in [2.05, 4.69) is 37.6 Å². The van der Waals surface area contributed by atoms with E-state index in [-0.39, 0.29) is 0 Å². The van der Waals surface area contributed by atoms with E-state index in [9.17, 15) is 0 Å². The third kappa shape index (κ3) is 2.92. The zero-order valence-electron chi connectivity index (χ0n) is 8.89. The Kier molecular flexibility index (Phi) is 3.59. The van der Waals surface area contributed by atoms with Crippen LogP contribution in [0.3, 0.4) is 0 Å². The van der Waals surface area contributed by atoms with Crippen molar-refractivity contribution in [3.8, 4) is 0 Å². The van der Waals surface area contributed by atoms with Gasteiger partial charge in [0.2, 0.25) is 0 Å². The number of pyridine rings is 1. The minimum atomic E-state index is 0.597. The summed E-state index contributed by atoms with van der Waals surface area (Å²) in [5.74, 6) is 0.939. The van der Waals surface area contributed by atoms with E-state index in [0.717, 1.165) is 23.4 Å². The number of rotatable bonds is 3. The monoisotopic (exact) mass is 269 g/mol. The number of hydrogen-bond donors (Lipinski definition) is 2. The predicted molar refractivity (Wildman–Crippen MR) is 66.2 cm³/mol. The average molecular weight is 270 g/mol. The Morgan fingerprint density at radius 3 is 3.20 bits per heavy atom. The Morgan fingerprint density at radius 2 is 2.53 bits per heavy atom. The van der Waals surface area contributed by atoms with Gasteiger partial charge in [0, 0.05) is 18.8 Å². The number of nitrogens with zero attached hydrogens (tertiary/aromatic N) is 1. The number of anilines is 1. The summed E-state index contributed by atoms with van der Waals surface area (Å²) < 4.78 is 1.04. The number of hydrogen-bond acceptors (Lipinski definition) is 3. The van der Waals surface area contributed by atoms with Crippen LogP contribution in [0, 0.1) is 6.92 Å². The molecule has 82 valence electrons. The highest BCUT2D eigenvalue weighted by Gasteiger charge is 2.13. The lowest BCUT2D eigenvalue weighted by atomic mass is 10.2. The summed E-state index contributed by atoms with van der Waals surface area (Å²) in [7, 11) is 0. The molecule has 4 heteroatoms. The first kappa shape index (κ1) is 10.9. The first-order chi connectivity index (χ1) is 7.25. The van der Waals surface area contributed by atoms with Crippen LogP contribution in [0.25, 0.3) is 0 Å². The van der Waals surface area contributed by atoms with Gasteiger partial charge in [-0.2, -0.15) is 0 Å². The van der Waals surface area contributed by atoms with Crippen LogP contribution < -0.4 is 10.6 Å². The van der Waals surface area contributed by atoms with E-state index in [1.807, 2.05) is 13.1 Å². The predicted octanol–water partition coefficient (Wildman–Crippen LogP) is 2.32. The minimum absolute atomic E-state index is 0.597. The van der Waals surface area contributed by atoms with Gasteiger partial charge >= 0.3 is 0 Å². The Morgan fingerprint density at radius 1 is 1.67 bits per heavy atom. The van der Waals surface area contributed by atoms with Crippen molar-refractivity contribution in [3.05, 3.63) is 22.3 Å². The van der Waals surface area contributed by atoms with Gasteiger partial charge in [0.05, 0.1) is 4.47 Å². The highest BCUT2D eigenvalue weighted by molar-refractivity contribution is 9.10. The maximum atomic E-state index is 4.35. The van der Waals surface area contributed by atoms with Gasteiger partial charge in [0.1, 0.15) is 5.82 Å². The van der Waals surface area contributed by atoms with Gasteiger partial charge in [-0.25, -0.2) is 4.98 Å². The molecule has 2 rings (SSSR count). The fourth-order valence-electron chi connectivity index (χ4n) is 1.81. The fourth-order valence-corrected chi connectivity index (χ4v) is 2.42. The SMILES string of the molecule is Cc1cnc(NCC2CCCN2)c(Br)c1. The molecule has 1 atom stereocenters.